The van der Waals surface area contributed by atoms with Crippen molar-refractivity contribution in [1.29, 1.82) is 0 Å². The van der Waals surface area contributed by atoms with Crippen LogP contribution >= 0.6 is 29.7 Å². The molecule has 0 radical (unpaired) electrons. The maximum atomic E-state index is 2.93. The van der Waals surface area contributed by atoms with Crippen LogP contribution in [0.2, 0.25) is 118 Å². The van der Waals surface area contributed by atoms with Crippen molar-refractivity contribution >= 4 is 94.7 Å². The zero-order chi connectivity index (χ0) is 32.5. The van der Waals surface area contributed by atoms with Gasteiger partial charge in [0.2, 0.25) is 0 Å². The van der Waals surface area contributed by atoms with Crippen molar-refractivity contribution in [3.05, 3.63) is 52.0 Å². The molecule has 1 aromatic rings. The van der Waals surface area contributed by atoms with Gasteiger partial charge in [-0.25, -0.2) is 0 Å². The number of rotatable bonds is 10. The van der Waals surface area contributed by atoms with Crippen molar-refractivity contribution in [1.82, 2.24) is 0 Å². The summed E-state index contributed by atoms with van der Waals surface area (Å²) in [5.41, 5.74) is 5.56. The average Bonchev–Trinajstić information content (AvgIpc) is 3.11. The Hall–Kier alpha value is 1.59. The molecule has 2 unspecified atom stereocenters. The second kappa shape index (κ2) is 12.6. The first-order chi connectivity index (χ1) is 18.6. The molecule has 1 fully saturated rings. The zero-order valence-corrected chi connectivity index (χ0v) is 41.0. The Morgan fingerprint density at radius 2 is 0.929 bits per heavy atom. The summed E-state index contributed by atoms with van der Waals surface area (Å²) >= 11 is -2.73. The molecule has 0 N–H and O–H groups in total. The van der Waals surface area contributed by atoms with E-state index in [2.05, 4.69) is 183 Å². The summed E-state index contributed by atoms with van der Waals surface area (Å²) in [6.45, 7) is 48.5. The zero-order valence-electron chi connectivity index (χ0n) is 30.5. The molecule has 2 aliphatic heterocycles. The Labute approximate surface area is 281 Å². The number of benzene rings is 1. The summed E-state index contributed by atoms with van der Waals surface area (Å²) in [6, 6.07) is 5.87. The van der Waals surface area contributed by atoms with Gasteiger partial charge in [-0.2, -0.15) is 0 Å². The summed E-state index contributed by atoms with van der Waals surface area (Å²) in [4.78, 5) is 2.83. The van der Waals surface area contributed by atoms with Gasteiger partial charge >= 0.3 is 284 Å². The molecular formula is C32H64GeS3Si6. The Balaban J connectivity index is 2.71. The number of allylic oxidation sites excluding steroid dienone is 2. The predicted octanol–water partition coefficient (Wildman–Crippen LogP) is 12.0. The van der Waals surface area contributed by atoms with Crippen LogP contribution in [0.5, 0.6) is 0 Å². The first-order valence-electron chi connectivity index (χ1n) is 16.2. The predicted molar refractivity (Wildman–Crippen MR) is 225 cm³/mol. The van der Waals surface area contributed by atoms with E-state index in [1.165, 1.54) is 0 Å². The van der Waals surface area contributed by atoms with E-state index in [0.717, 1.165) is 15.5 Å². The summed E-state index contributed by atoms with van der Waals surface area (Å²) in [5, 5.41) is 2.34. The SMILES string of the molecule is C[Si](C)(C)C(c1cc(C([Si](C)(C)C)[Si](C)(C)C)[c]([Ge]23[CH]=CC=C[CH]2SS[S]3)c(C([Si](C)(C)C)[Si](C)(C)C)c1)[Si](C)(C)C. The van der Waals surface area contributed by atoms with Gasteiger partial charge in [0, 0.05) is 0 Å². The van der Waals surface area contributed by atoms with Crippen LogP contribution < -0.4 is 4.40 Å². The van der Waals surface area contributed by atoms with E-state index in [1.807, 2.05) is 15.5 Å². The molecule has 0 aromatic heterocycles. The van der Waals surface area contributed by atoms with Gasteiger partial charge in [-0.3, -0.25) is 0 Å². The minimum atomic E-state index is -2.73. The Kier molecular flexibility index (Phi) is 11.4. The van der Waals surface area contributed by atoms with Crippen LogP contribution in [0.25, 0.3) is 0 Å². The first-order valence-corrected chi connectivity index (χ1v) is 47.2. The van der Waals surface area contributed by atoms with Crippen LogP contribution in [-0.4, -0.2) is 64.6 Å². The maximum absolute atomic E-state index is 2.93. The van der Waals surface area contributed by atoms with Gasteiger partial charge in [-0.15, -0.1) is 0 Å². The van der Waals surface area contributed by atoms with Gasteiger partial charge < -0.3 is 0 Å². The fraction of sp³-hybridized carbons (Fsp3) is 0.688. The number of fused-ring (bicyclic) bond motifs is 1. The second-order valence-electron chi connectivity index (χ2n) is 19.8. The molecule has 0 spiro atoms. The van der Waals surface area contributed by atoms with Crippen molar-refractivity contribution in [2.45, 2.75) is 137 Å². The molecule has 0 amide bonds. The third kappa shape index (κ3) is 7.99. The summed E-state index contributed by atoms with van der Waals surface area (Å²) in [5.74, 6) is 0. The van der Waals surface area contributed by atoms with Crippen molar-refractivity contribution in [3.8, 4) is 0 Å². The monoisotopic (exact) mass is 786 g/mol. The summed E-state index contributed by atoms with van der Waals surface area (Å²) in [7, 11) is -2.36. The van der Waals surface area contributed by atoms with Crippen LogP contribution in [0.4, 0.5) is 0 Å². The summed E-state index contributed by atoms with van der Waals surface area (Å²) in [6.07, 6.45) is 7.46. The summed E-state index contributed by atoms with van der Waals surface area (Å²) < 4.78 is 2.66. The molecule has 0 bridgehead atoms. The van der Waals surface area contributed by atoms with Gasteiger partial charge in [0.25, 0.3) is 0 Å². The molecule has 0 saturated carbocycles. The van der Waals surface area contributed by atoms with E-state index in [9.17, 15) is 0 Å². The molecule has 10 heteroatoms. The molecule has 238 valence electrons. The molecule has 2 heterocycles. The quantitative estimate of drug-likeness (QED) is 0.171. The van der Waals surface area contributed by atoms with Crippen molar-refractivity contribution in [3.63, 3.8) is 0 Å². The molecular weight excluding hydrogens is 722 g/mol. The van der Waals surface area contributed by atoms with Crippen LogP contribution in [0.3, 0.4) is 0 Å². The fourth-order valence-corrected chi connectivity index (χ4v) is 84.5. The van der Waals surface area contributed by atoms with E-state index < -0.39 is 60.6 Å². The van der Waals surface area contributed by atoms with Crippen LogP contribution in [0.1, 0.15) is 32.2 Å². The molecule has 0 aliphatic carbocycles. The number of hydrogen-bond donors (Lipinski definition) is 0. The van der Waals surface area contributed by atoms with E-state index in [1.54, 1.807) is 5.56 Å². The van der Waals surface area contributed by atoms with E-state index in [4.69, 9.17) is 0 Å². The van der Waals surface area contributed by atoms with Crippen LogP contribution in [0, 0.1) is 0 Å². The first kappa shape index (κ1) is 38.0. The molecule has 3 rings (SSSR count). The van der Waals surface area contributed by atoms with Crippen molar-refractivity contribution in [2.24, 2.45) is 0 Å². The number of hydrogen-bond acceptors (Lipinski definition) is 3. The van der Waals surface area contributed by atoms with E-state index in [0.29, 0.717) is 4.08 Å². The molecule has 2 aliphatic rings. The van der Waals surface area contributed by atoms with Gasteiger partial charge in [-0.05, 0) is 0 Å². The van der Waals surface area contributed by atoms with Gasteiger partial charge in [0.05, 0.1) is 0 Å². The Bertz CT molecular complexity index is 1110. The van der Waals surface area contributed by atoms with E-state index >= 15 is 0 Å². The molecule has 1 saturated heterocycles. The molecule has 42 heavy (non-hydrogen) atoms. The third-order valence-corrected chi connectivity index (χ3v) is 64.3. The van der Waals surface area contributed by atoms with Crippen molar-refractivity contribution < 1.29 is 0 Å². The average molecular weight is 786 g/mol. The minimum absolute atomic E-state index is 0.686. The fourth-order valence-electron chi connectivity index (χ4n) is 9.71. The van der Waals surface area contributed by atoms with Crippen LogP contribution in [-0.2, 0) is 0 Å². The van der Waals surface area contributed by atoms with Gasteiger partial charge in [0.1, 0.15) is 0 Å². The topological polar surface area (TPSA) is 0 Å². The van der Waals surface area contributed by atoms with Crippen LogP contribution in [0.15, 0.2) is 35.3 Å². The second-order valence-corrected chi connectivity index (χ2v) is 71.0. The molecule has 0 nitrogen and oxygen atoms in total. The van der Waals surface area contributed by atoms with Gasteiger partial charge in [0.15, 0.2) is 0 Å². The molecule has 1 aromatic carbocycles. The normalized spacial score (nSPS) is 22.5. The Morgan fingerprint density at radius 3 is 1.29 bits per heavy atom. The van der Waals surface area contributed by atoms with E-state index in [-0.39, 0.29) is 0 Å². The molecule has 2 atom stereocenters. The Morgan fingerprint density at radius 1 is 0.548 bits per heavy atom. The van der Waals surface area contributed by atoms with Gasteiger partial charge in [-0.1, -0.05) is 0 Å². The third-order valence-electron chi connectivity index (χ3n) is 9.24. The van der Waals surface area contributed by atoms with Crippen molar-refractivity contribution in [2.75, 3.05) is 0 Å². The standard InChI is InChI=1S/C32H64GeS3Si6/c1-37(2,3)30(38(4,5)6)25-23-26(31(39(7,8)9)40(10,11)12)29(33-22-20-19-21-28(33)34-36-35-33)27(24-25)32(41(13,14)15)42(16,17)18/h19-24,28,30-32H,1-18H3.